The van der Waals surface area contributed by atoms with Gasteiger partial charge in [-0.05, 0) is 47.6 Å². The normalized spacial score (nSPS) is 11.1. The molecule has 1 N–H and O–H groups in total. The van der Waals surface area contributed by atoms with Crippen LogP contribution in [0.2, 0.25) is 0 Å². The van der Waals surface area contributed by atoms with Crippen LogP contribution in [0.1, 0.15) is 44.7 Å². The minimum atomic E-state index is -0.841. The van der Waals surface area contributed by atoms with E-state index in [9.17, 15) is 4.79 Å². The first-order valence-electron chi connectivity index (χ1n) is 9.61. The third-order valence-corrected chi connectivity index (χ3v) is 5.01. The molecule has 0 spiro atoms. The molecule has 28 heavy (non-hydrogen) atoms. The van der Waals surface area contributed by atoms with E-state index in [1.54, 1.807) is 13.2 Å². The largest absolute Gasteiger partial charge is 0.493 e. The van der Waals surface area contributed by atoms with Crippen molar-refractivity contribution in [2.75, 3.05) is 20.3 Å². The Hall–Kier alpha value is -2.69. The lowest BCUT2D eigenvalue weighted by Gasteiger charge is -2.23. The second-order valence-corrected chi connectivity index (χ2v) is 7.30. The van der Waals surface area contributed by atoms with Crippen molar-refractivity contribution in [3.63, 3.8) is 0 Å². The van der Waals surface area contributed by atoms with Gasteiger partial charge in [-0.2, -0.15) is 0 Å². The van der Waals surface area contributed by atoms with Crippen LogP contribution in [-0.4, -0.2) is 31.4 Å². The molecule has 0 aliphatic heterocycles. The molecule has 152 valence electrons. The topological polar surface area (TPSA) is 65.0 Å². The molecule has 0 aliphatic rings. The summed E-state index contributed by atoms with van der Waals surface area (Å²) >= 11 is 0. The van der Waals surface area contributed by atoms with E-state index in [-0.39, 0.29) is 11.8 Å². The summed E-state index contributed by atoms with van der Waals surface area (Å²) in [6, 6.07) is 13.7. The molecule has 5 heteroatoms. The van der Waals surface area contributed by atoms with Crippen molar-refractivity contribution in [1.82, 2.24) is 0 Å². The molecule has 0 heterocycles. The molecule has 2 aromatic carbocycles. The maximum absolute atomic E-state index is 10.9. The zero-order valence-corrected chi connectivity index (χ0v) is 17.2. The van der Waals surface area contributed by atoms with Crippen LogP contribution in [0.25, 0.3) is 0 Å². The van der Waals surface area contributed by atoms with Crippen LogP contribution in [0, 0.1) is 0 Å². The molecular weight excluding hydrogens is 356 g/mol. The standard InChI is InChI=1S/C23H30O5/c1-5-23(2,3)18-10-12-19(13-11-18)27-15-16-28-22-17(9-14-21(24)25)7-6-8-20(22)26-4/h6-8,10-13H,5,9,14-16H2,1-4H3,(H,24,25). The lowest BCUT2D eigenvalue weighted by molar-refractivity contribution is -0.136. The van der Waals surface area contributed by atoms with Crippen LogP contribution in [0.5, 0.6) is 17.2 Å². The van der Waals surface area contributed by atoms with Gasteiger partial charge in [-0.15, -0.1) is 0 Å². The molecule has 0 aliphatic carbocycles. The zero-order chi connectivity index (χ0) is 20.6. The number of hydrogen-bond donors (Lipinski definition) is 1. The van der Waals surface area contributed by atoms with Gasteiger partial charge in [0.05, 0.1) is 7.11 Å². The number of rotatable bonds is 11. The Morgan fingerprint density at radius 2 is 1.71 bits per heavy atom. The van der Waals surface area contributed by atoms with Gasteiger partial charge in [0.25, 0.3) is 0 Å². The number of ether oxygens (including phenoxy) is 3. The summed E-state index contributed by atoms with van der Waals surface area (Å²) in [6.07, 6.45) is 1.50. The molecule has 0 radical (unpaired) electrons. The Bertz CT molecular complexity index is 765. The molecule has 0 atom stereocenters. The molecule has 0 amide bonds. The van der Waals surface area contributed by atoms with Crippen molar-refractivity contribution in [2.24, 2.45) is 0 Å². The highest BCUT2D eigenvalue weighted by Crippen LogP contribution is 2.32. The van der Waals surface area contributed by atoms with Crippen molar-refractivity contribution in [3.05, 3.63) is 53.6 Å². The van der Waals surface area contributed by atoms with Gasteiger partial charge in [0.2, 0.25) is 0 Å². The summed E-state index contributed by atoms with van der Waals surface area (Å²) in [6.45, 7) is 7.36. The summed E-state index contributed by atoms with van der Waals surface area (Å²) < 4.78 is 17.0. The van der Waals surface area contributed by atoms with E-state index in [1.807, 2.05) is 24.3 Å². The summed E-state index contributed by atoms with van der Waals surface area (Å²) in [4.78, 5) is 10.9. The molecule has 2 rings (SSSR count). The second-order valence-electron chi connectivity index (χ2n) is 7.30. The molecule has 0 saturated heterocycles. The highest BCUT2D eigenvalue weighted by molar-refractivity contribution is 5.67. The monoisotopic (exact) mass is 386 g/mol. The molecule has 2 aromatic rings. The van der Waals surface area contributed by atoms with Crippen molar-refractivity contribution >= 4 is 5.97 Å². The van der Waals surface area contributed by atoms with E-state index < -0.39 is 5.97 Å². The highest BCUT2D eigenvalue weighted by atomic mass is 16.5. The van der Waals surface area contributed by atoms with Gasteiger partial charge in [0, 0.05) is 6.42 Å². The first kappa shape index (κ1) is 21.6. The smallest absolute Gasteiger partial charge is 0.303 e. The fourth-order valence-corrected chi connectivity index (χ4v) is 2.83. The van der Waals surface area contributed by atoms with Crippen LogP contribution >= 0.6 is 0 Å². The number of aliphatic carboxylic acids is 1. The van der Waals surface area contributed by atoms with E-state index in [2.05, 4.69) is 32.9 Å². The Morgan fingerprint density at radius 3 is 2.32 bits per heavy atom. The molecule has 0 bridgehead atoms. The van der Waals surface area contributed by atoms with Gasteiger partial charge in [-0.1, -0.05) is 45.0 Å². The molecule has 5 nitrogen and oxygen atoms in total. The van der Waals surface area contributed by atoms with E-state index in [4.69, 9.17) is 19.3 Å². The van der Waals surface area contributed by atoms with Crippen LogP contribution in [0.4, 0.5) is 0 Å². The Morgan fingerprint density at radius 1 is 1.04 bits per heavy atom. The quantitative estimate of drug-likeness (QED) is 0.559. The minimum Gasteiger partial charge on any atom is -0.493 e. The fraction of sp³-hybridized carbons (Fsp3) is 0.435. The van der Waals surface area contributed by atoms with Crippen LogP contribution in [-0.2, 0) is 16.6 Å². The van der Waals surface area contributed by atoms with Gasteiger partial charge in [0.1, 0.15) is 19.0 Å². The van der Waals surface area contributed by atoms with Gasteiger partial charge >= 0.3 is 5.97 Å². The first-order chi connectivity index (χ1) is 13.4. The molecule has 0 saturated carbocycles. The van der Waals surface area contributed by atoms with E-state index >= 15 is 0 Å². The van der Waals surface area contributed by atoms with Crippen molar-refractivity contribution in [1.29, 1.82) is 0 Å². The number of carbonyl (C=O) groups is 1. The van der Waals surface area contributed by atoms with Crippen LogP contribution < -0.4 is 14.2 Å². The Labute approximate surface area is 167 Å². The van der Waals surface area contributed by atoms with Gasteiger partial charge in [-0.3, -0.25) is 4.79 Å². The predicted octanol–water partition coefficient (Wildman–Crippen LogP) is 4.86. The van der Waals surface area contributed by atoms with Crippen molar-refractivity contribution in [3.8, 4) is 17.2 Å². The summed E-state index contributed by atoms with van der Waals surface area (Å²) in [7, 11) is 1.57. The fourth-order valence-electron chi connectivity index (χ4n) is 2.83. The average molecular weight is 386 g/mol. The molecule has 0 unspecified atom stereocenters. The Kier molecular flexibility index (Phi) is 7.73. The van der Waals surface area contributed by atoms with Gasteiger partial charge in [0.15, 0.2) is 11.5 Å². The van der Waals surface area contributed by atoms with Crippen LogP contribution in [0.15, 0.2) is 42.5 Å². The van der Waals surface area contributed by atoms with Crippen molar-refractivity contribution < 1.29 is 24.1 Å². The minimum absolute atomic E-state index is 0.0421. The van der Waals surface area contributed by atoms with Gasteiger partial charge in [-0.25, -0.2) is 0 Å². The van der Waals surface area contributed by atoms with Crippen LogP contribution in [0.3, 0.4) is 0 Å². The summed E-state index contributed by atoms with van der Waals surface area (Å²) in [5, 5.41) is 8.93. The molecule has 0 aromatic heterocycles. The zero-order valence-electron chi connectivity index (χ0n) is 17.2. The number of carboxylic acid groups (broad SMARTS) is 1. The molecular formula is C23H30O5. The van der Waals surface area contributed by atoms with Gasteiger partial charge < -0.3 is 19.3 Å². The van der Waals surface area contributed by atoms with E-state index in [0.717, 1.165) is 17.7 Å². The second kappa shape index (κ2) is 10.0. The SMILES string of the molecule is CCC(C)(C)c1ccc(OCCOc2c(CCC(=O)O)cccc2OC)cc1. The number of para-hydroxylation sites is 1. The lowest BCUT2D eigenvalue weighted by atomic mass is 9.82. The number of hydrogen-bond acceptors (Lipinski definition) is 4. The highest BCUT2D eigenvalue weighted by Gasteiger charge is 2.17. The number of aryl methyl sites for hydroxylation is 1. The molecule has 0 fully saturated rings. The Balaban J connectivity index is 1.93. The maximum atomic E-state index is 10.9. The number of benzene rings is 2. The summed E-state index contributed by atoms with van der Waals surface area (Å²) in [5.41, 5.74) is 2.25. The van der Waals surface area contributed by atoms with E-state index in [0.29, 0.717) is 31.1 Å². The lowest BCUT2D eigenvalue weighted by Crippen LogP contribution is -2.15. The van der Waals surface area contributed by atoms with Crippen molar-refractivity contribution in [2.45, 2.75) is 45.4 Å². The van der Waals surface area contributed by atoms with E-state index in [1.165, 1.54) is 5.56 Å². The third kappa shape index (κ3) is 5.91. The number of methoxy groups -OCH3 is 1. The predicted molar refractivity (Wildman–Crippen MR) is 110 cm³/mol. The maximum Gasteiger partial charge on any atom is 0.303 e. The first-order valence-corrected chi connectivity index (χ1v) is 9.61. The number of carboxylic acids is 1. The third-order valence-electron chi connectivity index (χ3n) is 5.01. The average Bonchev–Trinajstić information content (AvgIpc) is 2.70. The summed E-state index contributed by atoms with van der Waals surface area (Å²) in [5.74, 6) is 1.13.